The molecule has 0 spiro atoms. The van der Waals surface area contributed by atoms with E-state index in [0.29, 0.717) is 25.1 Å². The molecular formula is C10H12N2O2S. The van der Waals surface area contributed by atoms with E-state index in [1.165, 1.54) is 18.4 Å². The summed E-state index contributed by atoms with van der Waals surface area (Å²) >= 11 is 1.54. The highest BCUT2D eigenvalue weighted by Crippen LogP contribution is 2.13. The van der Waals surface area contributed by atoms with Crippen molar-refractivity contribution in [1.82, 2.24) is 5.32 Å². The molecule has 1 N–H and O–H groups in total. The number of nitrogens with one attached hydrogen (secondary N) is 1. The van der Waals surface area contributed by atoms with E-state index in [4.69, 9.17) is 5.26 Å². The fourth-order valence-electron chi connectivity index (χ4n) is 1.04. The molecule has 1 aromatic rings. The minimum absolute atomic E-state index is 0.216. The van der Waals surface area contributed by atoms with Crippen LogP contribution in [-0.2, 0) is 16.1 Å². The van der Waals surface area contributed by atoms with E-state index in [1.807, 2.05) is 11.4 Å². The highest BCUT2D eigenvalue weighted by molar-refractivity contribution is 7.10. The summed E-state index contributed by atoms with van der Waals surface area (Å²) < 4.78 is 4.50. The second-order valence-electron chi connectivity index (χ2n) is 2.92. The van der Waals surface area contributed by atoms with Gasteiger partial charge in [-0.05, 0) is 6.07 Å². The molecule has 1 heterocycles. The van der Waals surface area contributed by atoms with Gasteiger partial charge < -0.3 is 10.1 Å². The van der Waals surface area contributed by atoms with Crippen LogP contribution in [0, 0.1) is 11.3 Å². The lowest BCUT2D eigenvalue weighted by atomic mass is 10.3. The number of carbonyl (C=O) groups is 1. The second kappa shape index (κ2) is 6.17. The van der Waals surface area contributed by atoms with E-state index < -0.39 is 0 Å². The number of ether oxygens (including phenoxy) is 1. The molecule has 0 aliphatic rings. The molecule has 1 aromatic heterocycles. The Labute approximate surface area is 92.5 Å². The first-order chi connectivity index (χ1) is 7.26. The molecule has 0 saturated heterocycles. The monoisotopic (exact) mass is 224 g/mol. The van der Waals surface area contributed by atoms with Crippen molar-refractivity contribution in [2.24, 2.45) is 0 Å². The number of carbonyl (C=O) groups excluding carboxylic acids is 1. The van der Waals surface area contributed by atoms with Gasteiger partial charge in [-0.3, -0.25) is 4.79 Å². The summed E-state index contributed by atoms with van der Waals surface area (Å²) in [6, 6.07) is 3.92. The van der Waals surface area contributed by atoms with E-state index in [1.54, 1.807) is 0 Å². The van der Waals surface area contributed by atoms with Gasteiger partial charge in [-0.25, -0.2) is 0 Å². The van der Waals surface area contributed by atoms with Crippen molar-refractivity contribution in [2.75, 3.05) is 13.7 Å². The van der Waals surface area contributed by atoms with Gasteiger partial charge in [-0.1, -0.05) is 0 Å². The summed E-state index contributed by atoms with van der Waals surface area (Å²) in [4.78, 5) is 11.9. The molecule has 0 aliphatic carbocycles. The summed E-state index contributed by atoms with van der Waals surface area (Å²) in [6.45, 7) is 1.27. The Hall–Kier alpha value is -1.38. The third-order valence-corrected chi connectivity index (χ3v) is 2.75. The number of hydrogen-bond acceptors (Lipinski definition) is 5. The fourth-order valence-corrected chi connectivity index (χ4v) is 1.82. The molecule has 1 rings (SSSR count). The van der Waals surface area contributed by atoms with Crippen LogP contribution in [0.3, 0.4) is 0 Å². The Kier molecular flexibility index (Phi) is 4.81. The lowest BCUT2D eigenvalue weighted by Crippen LogP contribution is -2.17. The third kappa shape index (κ3) is 4.11. The van der Waals surface area contributed by atoms with E-state index in [2.05, 4.69) is 16.1 Å². The molecule has 0 aromatic carbocycles. The summed E-state index contributed by atoms with van der Waals surface area (Å²) in [5.41, 5.74) is 0.685. The summed E-state index contributed by atoms with van der Waals surface area (Å²) in [7, 11) is 1.38. The van der Waals surface area contributed by atoms with Crippen LogP contribution in [0.4, 0.5) is 0 Å². The van der Waals surface area contributed by atoms with E-state index in [0.717, 1.165) is 4.88 Å². The van der Waals surface area contributed by atoms with E-state index in [-0.39, 0.29) is 5.97 Å². The lowest BCUT2D eigenvalue weighted by Gasteiger charge is -2.01. The molecule has 15 heavy (non-hydrogen) atoms. The number of nitriles is 1. The Bertz CT molecular complexity index is 368. The van der Waals surface area contributed by atoms with Crippen molar-refractivity contribution >= 4 is 17.3 Å². The molecule has 0 bridgehead atoms. The molecular weight excluding hydrogens is 212 g/mol. The van der Waals surface area contributed by atoms with Gasteiger partial charge in [0, 0.05) is 23.3 Å². The van der Waals surface area contributed by atoms with Gasteiger partial charge in [0.1, 0.15) is 6.07 Å². The molecule has 0 radical (unpaired) electrons. The second-order valence-corrected chi connectivity index (χ2v) is 3.91. The third-order valence-electron chi connectivity index (χ3n) is 1.82. The average molecular weight is 224 g/mol. The minimum atomic E-state index is -0.216. The van der Waals surface area contributed by atoms with Gasteiger partial charge in [-0.15, -0.1) is 11.3 Å². The van der Waals surface area contributed by atoms with Crippen LogP contribution >= 0.6 is 11.3 Å². The van der Waals surface area contributed by atoms with Crippen LogP contribution in [0.15, 0.2) is 11.4 Å². The van der Waals surface area contributed by atoms with Crippen LogP contribution in [0.5, 0.6) is 0 Å². The highest BCUT2D eigenvalue weighted by atomic mass is 32.1. The lowest BCUT2D eigenvalue weighted by molar-refractivity contribution is -0.140. The van der Waals surface area contributed by atoms with E-state index in [9.17, 15) is 4.79 Å². The van der Waals surface area contributed by atoms with Crippen LogP contribution < -0.4 is 5.32 Å². The standard InChI is InChI=1S/C10H12N2O2S/c1-14-10(13)2-3-12-6-9-4-8(5-11)7-15-9/h4,7,12H,2-3,6H2,1H3. The van der Waals surface area contributed by atoms with Crippen molar-refractivity contribution in [1.29, 1.82) is 5.26 Å². The summed E-state index contributed by atoms with van der Waals surface area (Å²) in [6.07, 6.45) is 0.368. The van der Waals surface area contributed by atoms with Gasteiger partial charge in [0.15, 0.2) is 0 Å². The van der Waals surface area contributed by atoms with Gasteiger partial charge in [0.05, 0.1) is 19.1 Å². The Morgan fingerprint density at radius 3 is 3.13 bits per heavy atom. The quantitative estimate of drug-likeness (QED) is 0.604. The van der Waals surface area contributed by atoms with Crippen molar-refractivity contribution in [3.05, 3.63) is 21.9 Å². The maximum atomic E-state index is 10.8. The first-order valence-corrected chi connectivity index (χ1v) is 5.39. The Balaban J connectivity index is 2.21. The molecule has 80 valence electrons. The van der Waals surface area contributed by atoms with E-state index >= 15 is 0 Å². The fraction of sp³-hybridized carbons (Fsp3) is 0.400. The zero-order chi connectivity index (χ0) is 11.1. The Morgan fingerprint density at radius 1 is 1.73 bits per heavy atom. The van der Waals surface area contributed by atoms with Gasteiger partial charge in [-0.2, -0.15) is 5.26 Å². The van der Waals surface area contributed by atoms with Crippen molar-refractivity contribution in [3.8, 4) is 6.07 Å². The zero-order valence-electron chi connectivity index (χ0n) is 8.45. The molecule has 0 aliphatic heterocycles. The first-order valence-electron chi connectivity index (χ1n) is 4.51. The van der Waals surface area contributed by atoms with Gasteiger partial charge in [0.25, 0.3) is 0 Å². The van der Waals surface area contributed by atoms with Gasteiger partial charge in [0.2, 0.25) is 0 Å². The zero-order valence-corrected chi connectivity index (χ0v) is 9.26. The van der Waals surface area contributed by atoms with Crippen LogP contribution in [0.25, 0.3) is 0 Å². The Morgan fingerprint density at radius 2 is 2.53 bits per heavy atom. The smallest absolute Gasteiger partial charge is 0.306 e. The van der Waals surface area contributed by atoms with Gasteiger partial charge >= 0.3 is 5.97 Å². The van der Waals surface area contributed by atoms with Crippen molar-refractivity contribution < 1.29 is 9.53 Å². The summed E-state index contributed by atoms with van der Waals surface area (Å²) in [5, 5.41) is 13.5. The molecule has 0 amide bonds. The number of rotatable bonds is 5. The molecule has 4 nitrogen and oxygen atoms in total. The molecule has 0 unspecified atom stereocenters. The average Bonchev–Trinajstić information content (AvgIpc) is 2.72. The first kappa shape index (κ1) is 11.7. The minimum Gasteiger partial charge on any atom is -0.469 e. The predicted octanol–water partition coefficient (Wildman–Crippen LogP) is 1.27. The number of hydrogen-bond donors (Lipinski definition) is 1. The SMILES string of the molecule is COC(=O)CCNCc1cc(C#N)cs1. The van der Waals surface area contributed by atoms with Crippen LogP contribution in [0.1, 0.15) is 16.9 Å². The number of methoxy groups -OCH3 is 1. The molecule has 0 saturated carbocycles. The van der Waals surface area contributed by atoms with Crippen LogP contribution in [-0.4, -0.2) is 19.6 Å². The summed E-state index contributed by atoms with van der Waals surface area (Å²) in [5.74, 6) is -0.216. The maximum Gasteiger partial charge on any atom is 0.306 e. The predicted molar refractivity (Wildman–Crippen MR) is 57.4 cm³/mol. The van der Waals surface area contributed by atoms with Crippen molar-refractivity contribution in [2.45, 2.75) is 13.0 Å². The maximum absolute atomic E-state index is 10.8. The number of esters is 1. The van der Waals surface area contributed by atoms with Crippen LogP contribution in [0.2, 0.25) is 0 Å². The largest absolute Gasteiger partial charge is 0.469 e. The molecule has 5 heteroatoms. The highest BCUT2D eigenvalue weighted by Gasteiger charge is 2.01. The number of nitrogens with zero attached hydrogens (tertiary/aromatic N) is 1. The molecule has 0 fully saturated rings. The normalized spacial score (nSPS) is 9.60. The topological polar surface area (TPSA) is 62.1 Å². The number of thiophene rings is 1. The van der Waals surface area contributed by atoms with Crippen molar-refractivity contribution in [3.63, 3.8) is 0 Å². The molecule has 0 atom stereocenters.